The molecule has 0 bridgehead atoms. The number of halogens is 12. The molecule has 1 N–H and O–H groups in total. The fourth-order valence-electron chi connectivity index (χ4n) is 17.1. The van der Waals surface area contributed by atoms with Crippen molar-refractivity contribution in [2.24, 2.45) is 0 Å². The van der Waals surface area contributed by atoms with Crippen LogP contribution in [0.2, 0.25) is 0 Å². The van der Waals surface area contributed by atoms with Crippen molar-refractivity contribution in [3.8, 4) is 50.9 Å². The quantitative estimate of drug-likeness (QED) is 0.0663. The third kappa shape index (κ3) is 22.5. The summed E-state index contributed by atoms with van der Waals surface area (Å²) in [6.07, 6.45) is 0.738. The molecule has 720 valence electrons. The largest absolute Gasteiger partial charge is 0.447 e. The van der Waals surface area contributed by atoms with E-state index in [2.05, 4.69) is 161 Å². The lowest BCUT2D eigenvalue weighted by molar-refractivity contribution is -0.0506. The molecule has 0 saturated heterocycles. The average molecular weight is 2070 g/mol. The fraction of sp³-hybridized carbons (Fsp3) is 0.0690. The Morgan fingerprint density at radius 3 is 1.17 bits per heavy atom. The van der Waals surface area contributed by atoms with E-state index in [4.69, 9.17) is 4.74 Å². The van der Waals surface area contributed by atoms with Gasteiger partial charge < -0.3 is 43.4 Å². The molecule has 0 spiro atoms. The van der Waals surface area contributed by atoms with Crippen LogP contribution in [0.4, 0.5) is 75.4 Å². The first-order valence-corrected chi connectivity index (χ1v) is 53.1. The Morgan fingerprint density at radius 2 is 0.597 bits per heavy atom. The maximum absolute atomic E-state index is 12.6. The zero-order chi connectivity index (χ0) is 99.3. The lowest BCUT2D eigenvalue weighted by Gasteiger charge is -2.28. The number of hydrogen-bond acceptors (Lipinski definition) is 10. The summed E-state index contributed by atoms with van der Waals surface area (Å²) in [5, 5.41) is 5.41. The van der Waals surface area contributed by atoms with E-state index in [0.717, 1.165) is 95.1 Å². The van der Waals surface area contributed by atoms with E-state index in [1.165, 1.54) is 65.3 Å². The van der Waals surface area contributed by atoms with Crippen LogP contribution in [0, 0.1) is 0 Å². The molecule has 0 radical (unpaired) electrons. The van der Waals surface area contributed by atoms with E-state index in [1.807, 2.05) is 242 Å². The molecule has 6 atom stereocenters. The number of fused-ring (bicyclic) bond motifs is 13. The molecule has 6 heterocycles. The third-order valence-corrected chi connectivity index (χ3v) is 38.4. The number of benzene rings is 18. The predicted molar refractivity (Wildman–Crippen MR) is 551 cm³/mol. The van der Waals surface area contributed by atoms with Gasteiger partial charge in [-0.2, -0.15) is 52.7 Å². The molecule has 19 aromatic rings. The molecule has 6 unspecified atom stereocenters. The highest BCUT2D eigenvalue weighted by Crippen LogP contribution is 2.55. The zero-order valence-corrected chi connectivity index (χ0v) is 81.7. The first-order chi connectivity index (χ1) is 70.3. The van der Waals surface area contributed by atoms with Gasteiger partial charge in [0.2, 0.25) is 9.79 Å². The molecule has 144 heavy (non-hydrogen) atoms. The molecule has 0 aliphatic carbocycles. The summed E-state index contributed by atoms with van der Waals surface area (Å²) in [7, 11) is 0.369. The first-order valence-electron chi connectivity index (χ1n) is 45.0. The minimum atomic E-state index is -2.86. The van der Waals surface area contributed by atoms with Gasteiger partial charge in [0.1, 0.15) is 83.8 Å². The van der Waals surface area contributed by atoms with Crippen molar-refractivity contribution in [2.75, 3.05) is 17.3 Å². The smallest absolute Gasteiger partial charge is 0.387 e. The van der Waals surface area contributed by atoms with Gasteiger partial charge in [0.05, 0.1) is 43.1 Å². The van der Waals surface area contributed by atoms with Crippen molar-refractivity contribution in [3.63, 3.8) is 0 Å². The highest BCUT2D eigenvalue weighted by atomic mass is 32.2. The van der Waals surface area contributed by atoms with E-state index < -0.39 is 39.7 Å². The second-order valence-corrected chi connectivity index (χ2v) is 44.8. The van der Waals surface area contributed by atoms with Gasteiger partial charge in [0, 0.05) is 70.8 Å². The van der Waals surface area contributed by atoms with Crippen molar-refractivity contribution >= 4 is 120 Å². The molecule has 24 rings (SSSR count). The molecule has 1 aromatic heterocycles. The standard InChI is InChI=1S/C20H16F2NOS.C20H15F2OS.C19H14F2NOS.C19H13F2O2S.C19H13F2OS2.C19H13F2OS/c1-23-16-9-5-6-10-18(16)25(15-7-3-2-4-8-15)19-12-11-14(13-17(19)23)24-20(21)22;21-20(22)23-16-10-11-19-15(13-16)12-14-6-4-5-9-18(14)24(19)17-7-2-1-3-8-17;20-19(21)23-13-10-11-18-16(12-13)22-15-8-4-5-9-17(15)24(18)14-6-2-1-3-7-14;2*20-19(21)22-13-10-11-18-16(12-13)23-15-8-4-5-9-17(15)24(18)14-6-2-1-3-7-14;20-19(21)22-13-10-11-18-16(12-13)15-8-4-5-9-17(15)23(18)14-6-2-1-3-7-14/h2-13,20H,1H3;1-11,13,20H,12H2;1-12,19,22H;2*1-12,19H;1-12,19H/q6*+1. The Hall–Kier alpha value is -14.4. The van der Waals surface area contributed by atoms with Crippen molar-refractivity contribution < 1.29 is 85.8 Å². The fourth-order valence-corrected chi connectivity index (χ4v) is 32.5. The number of alkyl halides is 12. The van der Waals surface area contributed by atoms with Gasteiger partial charge in [-0.05, 0) is 218 Å². The Kier molecular flexibility index (Phi) is 31.1. The van der Waals surface area contributed by atoms with E-state index in [9.17, 15) is 52.7 Å². The Morgan fingerprint density at radius 1 is 0.250 bits per heavy atom. The topological polar surface area (TPSA) is 79.9 Å². The van der Waals surface area contributed by atoms with Gasteiger partial charge in [-0.3, -0.25) is 0 Å². The minimum Gasteiger partial charge on any atom is -0.447 e. The van der Waals surface area contributed by atoms with E-state index in [0.29, 0.717) is 5.75 Å². The minimum absolute atomic E-state index is 0.0970. The van der Waals surface area contributed by atoms with E-state index in [1.54, 1.807) is 84.6 Å². The van der Waals surface area contributed by atoms with Gasteiger partial charge in [0.15, 0.2) is 89.4 Å². The van der Waals surface area contributed by atoms with Gasteiger partial charge >= 0.3 is 39.7 Å². The summed E-state index contributed by atoms with van der Waals surface area (Å²) in [6, 6.07) is 141. The van der Waals surface area contributed by atoms with Crippen LogP contribution in [-0.4, -0.2) is 46.7 Å². The van der Waals surface area contributed by atoms with Crippen molar-refractivity contribution in [2.45, 2.75) is 129 Å². The molecule has 5 aliphatic heterocycles. The van der Waals surface area contributed by atoms with Crippen LogP contribution in [0.5, 0.6) is 46.0 Å². The van der Waals surface area contributed by atoms with Gasteiger partial charge in [-0.25, -0.2) is 0 Å². The van der Waals surface area contributed by atoms with Crippen LogP contribution in [0.3, 0.4) is 0 Å². The summed E-state index contributed by atoms with van der Waals surface area (Å²) in [4.78, 5) is 22.9. The maximum atomic E-state index is 12.6. The van der Waals surface area contributed by atoms with E-state index in [-0.39, 0.29) is 99.4 Å². The number of ether oxygens (including phenoxy) is 7. The Labute approximate surface area is 844 Å². The molecule has 0 fully saturated rings. The second kappa shape index (κ2) is 45.5. The summed E-state index contributed by atoms with van der Waals surface area (Å²) in [6.45, 7) is -16.9. The third-order valence-electron chi connectivity index (χ3n) is 23.0. The van der Waals surface area contributed by atoms with Gasteiger partial charge in [-0.15, -0.1) is 0 Å². The van der Waals surface area contributed by atoms with Crippen LogP contribution < -0.4 is 43.4 Å². The molecular formula is C116H84F12N2O7S7+6. The number of nitrogens with one attached hydrogen (secondary N) is 1. The van der Waals surface area contributed by atoms with Gasteiger partial charge in [0.25, 0.3) is 0 Å². The normalized spacial score (nSPS) is 15.0. The average Bonchev–Trinajstić information content (AvgIpc) is 1.70. The highest BCUT2D eigenvalue weighted by Gasteiger charge is 2.45. The first kappa shape index (κ1) is 98.4. The number of nitrogens with zero attached hydrogens (tertiary/aromatic N) is 1. The zero-order valence-electron chi connectivity index (χ0n) is 75.9. The lowest BCUT2D eigenvalue weighted by atomic mass is 10.0. The van der Waals surface area contributed by atoms with Crippen molar-refractivity contribution in [1.29, 1.82) is 0 Å². The summed E-state index contributed by atoms with van der Waals surface area (Å²) < 4.78 is 186. The summed E-state index contributed by atoms with van der Waals surface area (Å²) in [5.41, 5.74) is 6.07. The molecular weight excluding hydrogens is 1990 g/mol. The molecule has 0 amide bonds. The van der Waals surface area contributed by atoms with Crippen LogP contribution in [0.25, 0.3) is 25.1 Å². The summed E-state index contributed by atoms with van der Waals surface area (Å²) >= 11 is 1.60. The molecule has 18 aromatic carbocycles. The lowest BCUT2D eigenvalue weighted by Crippen LogP contribution is -2.22. The Bertz CT molecular complexity index is 7090. The van der Waals surface area contributed by atoms with E-state index >= 15 is 0 Å². The number of thiophene rings is 1. The predicted octanol–water partition coefficient (Wildman–Crippen LogP) is 33.9. The second-order valence-electron chi connectivity index (χ2n) is 31.9. The number of hydrogen-bond donors (Lipinski definition) is 1. The van der Waals surface area contributed by atoms with Crippen LogP contribution in [0.15, 0.2) is 520 Å². The highest BCUT2D eigenvalue weighted by molar-refractivity contribution is 8.04. The van der Waals surface area contributed by atoms with Crippen LogP contribution >= 0.6 is 22.2 Å². The number of rotatable bonds is 18. The molecule has 0 saturated carbocycles. The van der Waals surface area contributed by atoms with Crippen LogP contribution in [0.1, 0.15) is 11.1 Å². The van der Waals surface area contributed by atoms with Crippen molar-refractivity contribution in [1.82, 2.24) is 0 Å². The monoisotopic (exact) mass is 2070 g/mol. The maximum Gasteiger partial charge on any atom is 0.387 e. The SMILES string of the molecule is CN1c2ccccc2[S+](c2ccccc2)c2ccc(OC(F)F)cc21.FC(F)Oc1ccc2c(c1)Cc1ccccc1[S+]2c1ccccc1.FC(F)Oc1ccc2c(c1)Nc1ccccc1[S+]2c1ccccc1.FC(F)Oc1ccc2c(c1)Oc1ccccc1[S+]2c1ccccc1.FC(F)Oc1ccc2c(c1)Sc1ccccc1[S+]2c1ccccc1.FC(F)Oc1ccc2c(c1)c1ccccc1[s+]2-c1ccccc1. The summed E-state index contributed by atoms with van der Waals surface area (Å²) in [5.74, 6) is 2.35. The molecule has 5 aliphatic rings. The number of para-hydroxylation sites is 3. The van der Waals surface area contributed by atoms with Gasteiger partial charge in [-0.1, -0.05) is 200 Å². The van der Waals surface area contributed by atoms with Crippen LogP contribution in [-0.2, 0) is 60.9 Å². The molecule has 9 nitrogen and oxygen atoms in total. The number of anilines is 4. The Balaban J connectivity index is 0.000000109. The van der Waals surface area contributed by atoms with Crippen molar-refractivity contribution in [3.05, 3.63) is 448 Å². The molecule has 28 heteroatoms.